The molecular formula is C13H16N2O2. The van der Waals surface area contributed by atoms with Crippen molar-refractivity contribution in [3.63, 3.8) is 0 Å². The van der Waals surface area contributed by atoms with Crippen LogP contribution in [0.2, 0.25) is 0 Å². The van der Waals surface area contributed by atoms with Crippen molar-refractivity contribution in [3.05, 3.63) is 23.0 Å². The number of nitrogens with zero attached hydrogens (tertiary/aromatic N) is 1. The van der Waals surface area contributed by atoms with Crippen molar-refractivity contribution >= 4 is 5.97 Å². The summed E-state index contributed by atoms with van der Waals surface area (Å²) in [6.45, 7) is 4.01. The summed E-state index contributed by atoms with van der Waals surface area (Å²) >= 11 is 0. The number of dihydropyridines is 1. The number of carbonyl (C=O) groups excluding carboxylic acids is 1. The first-order chi connectivity index (χ1) is 8.19. The minimum Gasteiger partial charge on any atom is -0.463 e. The third kappa shape index (κ3) is 2.19. The van der Waals surface area contributed by atoms with E-state index in [9.17, 15) is 10.1 Å². The Hall–Kier alpha value is -1.76. The first kappa shape index (κ1) is 11.7. The molecule has 90 valence electrons. The lowest BCUT2D eigenvalue weighted by atomic mass is 9.84. The highest BCUT2D eigenvalue weighted by atomic mass is 16.5. The zero-order valence-electron chi connectivity index (χ0n) is 10.1. The third-order valence-corrected chi connectivity index (χ3v) is 3.22. The largest absolute Gasteiger partial charge is 0.463 e. The van der Waals surface area contributed by atoms with Gasteiger partial charge in [0.15, 0.2) is 0 Å². The number of hydrogen-bond acceptors (Lipinski definition) is 4. The van der Waals surface area contributed by atoms with E-state index in [0.29, 0.717) is 23.7 Å². The van der Waals surface area contributed by atoms with Gasteiger partial charge in [-0.3, -0.25) is 0 Å². The molecular weight excluding hydrogens is 216 g/mol. The average molecular weight is 232 g/mol. The van der Waals surface area contributed by atoms with Crippen LogP contribution >= 0.6 is 0 Å². The van der Waals surface area contributed by atoms with E-state index in [-0.39, 0.29) is 11.9 Å². The minimum absolute atomic E-state index is 0.0692. The maximum atomic E-state index is 11.8. The number of ether oxygens (including phenoxy) is 1. The van der Waals surface area contributed by atoms with Gasteiger partial charge in [-0.05, 0) is 32.6 Å². The Kier molecular flexibility index (Phi) is 3.19. The third-order valence-electron chi connectivity index (χ3n) is 3.22. The topological polar surface area (TPSA) is 62.1 Å². The quantitative estimate of drug-likeness (QED) is 0.754. The van der Waals surface area contributed by atoms with Crippen molar-refractivity contribution in [2.45, 2.75) is 26.7 Å². The van der Waals surface area contributed by atoms with Crippen molar-refractivity contribution < 1.29 is 9.53 Å². The maximum absolute atomic E-state index is 11.8. The Balaban J connectivity index is 2.28. The number of hydrogen-bond donors (Lipinski definition) is 1. The van der Waals surface area contributed by atoms with E-state index in [2.05, 4.69) is 11.4 Å². The van der Waals surface area contributed by atoms with Gasteiger partial charge in [0, 0.05) is 17.8 Å². The summed E-state index contributed by atoms with van der Waals surface area (Å²) in [4.78, 5) is 11.8. The predicted octanol–water partition coefficient (Wildman–Crippen LogP) is 1.86. The van der Waals surface area contributed by atoms with Crippen molar-refractivity contribution in [2.75, 3.05) is 6.61 Å². The molecule has 0 aromatic heterocycles. The Bertz CT molecular complexity index is 439. The molecule has 1 unspecified atom stereocenters. The molecule has 0 aromatic carbocycles. The zero-order valence-corrected chi connectivity index (χ0v) is 10.1. The normalized spacial score (nSPS) is 23.6. The van der Waals surface area contributed by atoms with E-state index in [1.165, 1.54) is 0 Å². The van der Waals surface area contributed by atoms with E-state index < -0.39 is 0 Å². The lowest BCUT2D eigenvalue weighted by molar-refractivity contribution is -0.139. The number of carbonyl (C=O) groups is 1. The van der Waals surface area contributed by atoms with Crippen molar-refractivity contribution in [2.24, 2.45) is 11.8 Å². The van der Waals surface area contributed by atoms with Gasteiger partial charge < -0.3 is 10.1 Å². The van der Waals surface area contributed by atoms with Crippen LogP contribution < -0.4 is 5.32 Å². The van der Waals surface area contributed by atoms with E-state index in [1.807, 2.05) is 6.92 Å². The summed E-state index contributed by atoms with van der Waals surface area (Å²) in [5.74, 6) is 0.0507. The molecule has 0 bridgehead atoms. The summed E-state index contributed by atoms with van der Waals surface area (Å²) in [6, 6.07) is 2.22. The fourth-order valence-corrected chi connectivity index (χ4v) is 2.22. The van der Waals surface area contributed by atoms with Gasteiger partial charge in [0.2, 0.25) is 0 Å². The second kappa shape index (κ2) is 4.62. The van der Waals surface area contributed by atoms with Crippen LogP contribution in [0.3, 0.4) is 0 Å². The molecule has 1 aliphatic carbocycles. The standard InChI is InChI=1S/C13H16N2O2/c1-3-17-13(16)11-7-15-8(2)10(6-14)12(11)9-4-5-9/h7,9,12,15H,3-5H2,1-2H3. The monoisotopic (exact) mass is 232 g/mol. The molecule has 2 rings (SSSR count). The molecule has 1 saturated carbocycles. The maximum Gasteiger partial charge on any atom is 0.336 e. The molecule has 0 saturated heterocycles. The van der Waals surface area contributed by atoms with E-state index in [4.69, 9.17) is 4.74 Å². The summed E-state index contributed by atoms with van der Waals surface area (Å²) < 4.78 is 5.04. The van der Waals surface area contributed by atoms with Crippen molar-refractivity contribution in [1.82, 2.24) is 5.32 Å². The first-order valence-corrected chi connectivity index (χ1v) is 5.93. The predicted molar refractivity (Wildman–Crippen MR) is 62.4 cm³/mol. The second-order valence-corrected chi connectivity index (χ2v) is 4.43. The van der Waals surface area contributed by atoms with Gasteiger partial charge in [0.25, 0.3) is 0 Å². The smallest absolute Gasteiger partial charge is 0.336 e. The number of esters is 1. The van der Waals surface area contributed by atoms with Gasteiger partial charge in [-0.15, -0.1) is 0 Å². The fourth-order valence-electron chi connectivity index (χ4n) is 2.22. The van der Waals surface area contributed by atoms with Crippen LogP contribution in [0.5, 0.6) is 0 Å². The summed E-state index contributed by atoms with van der Waals surface area (Å²) in [7, 11) is 0. The van der Waals surface area contributed by atoms with Crippen LogP contribution in [0.25, 0.3) is 0 Å². The molecule has 1 aliphatic heterocycles. The minimum atomic E-state index is -0.308. The Morgan fingerprint density at radius 3 is 2.88 bits per heavy atom. The van der Waals surface area contributed by atoms with Gasteiger partial charge in [-0.25, -0.2) is 4.79 Å². The van der Waals surface area contributed by atoms with Crippen LogP contribution in [-0.4, -0.2) is 12.6 Å². The molecule has 4 nitrogen and oxygen atoms in total. The molecule has 1 N–H and O–H groups in total. The number of allylic oxidation sites excluding steroid dienone is 2. The summed E-state index contributed by atoms with van der Waals surface area (Å²) in [6.07, 6.45) is 3.86. The molecule has 0 aromatic rings. The van der Waals surface area contributed by atoms with Crippen LogP contribution in [0.4, 0.5) is 0 Å². The fraction of sp³-hybridized carbons (Fsp3) is 0.538. The number of rotatable bonds is 3. The first-order valence-electron chi connectivity index (χ1n) is 5.93. The van der Waals surface area contributed by atoms with Crippen LogP contribution in [-0.2, 0) is 9.53 Å². The van der Waals surface area contributed by atoms with E-state index in [0.717, 1.165) is 18.5 Å². The van der Waals surface area contributed by atoms with Crippen LogP contribution in [0.1, 0.15) is 26.7 Å². The molecule has 0 radical (unpaired) electrons. The molecule has 0 spiro atoms. The highest BCUT2D eigenvalue weighted by Gasteiger charge is 2.41. The van der Waals surface area contributed by atoms with Crippen LogP contribution in [0, 0.1) is 23.2 Å². The lowest BCUT2D eigenvalue weighted by Gasteiger charge is -2.24. The molecule has 1 heterocycles. The van der Waals surface area contributed by atoms with Gasteiger partial charge in [-0.1, -0.05) is 0 Å². The number of nitrogens with one attached hydrogen (secondary N) is 1. The highest BCUT2D eigenvalue weighted by molar-refractivity contribution is 5.90. The second-order valence-electron chi connectivity index (χ2n) is 4.43. The van der Waals surface area contributed by atoms with Gasteiger partial charge in [0.1, 0.15) is 0 Å². The Morgan fingerprint density at radius 1 is 1.65 bits per heavy atom. The highest BCUT2D eigenvalue weighted by Crippen LogP contribution is 2.45. The SMILES string of the molecule is CCOC(=O)C1=CNC(C)=C(C#N)C1C1CC1. The molecule has 0 amide bonds. The molecule has 17 heavy (non-hydrogen) atoms. The van der Waals surface area contributed by atoms with Gasteiger partial charge in [0.05, 0.1) is 23.8 Å². The van der Waals surface area contributed by atoms with Crippen molar-refractivity contribution in [1.29, 1.82) is 5.26 Å². The Labute approximate surface area is 101 Å². The average Bonchev–Trinajstić information content (AvgIpc) is 3.12. The molecule has 2 aliphatic rings. The molecule has 1 fully saturated rings. The van der Waals surface area contributed by atoms with E-state index >= 15 is 0 Å². The zero-order chi connectivity index (χ0) is 12.4. The van der Waals surface area contributed by atoms with Gasteiger partial charge in [-0.2, -0.15) is 5.26 Å². The number of nitriles is 1. The molecule has 4 heteroatoms. The van der Waals surface area contributed by atoms with Crippen LogP contribution in [0.15, 0.2) is 23.0 Å². The lowest BCUT2D eigenvalue weighted by Crippen LogP contribution is -2.27. The summed E-state index contributed by atoms with van der Waals surface area (Å²) in [5.41, 5.74) is 2.12. The summed E-state index contributed by atoms with van der Waals surface area (Å²) in [5, 5.41) is 12.2. The Morgan fingerprint density at radius 2 is 2.35 bits per heavy atom. The van der Waals surface area contributed by atoms with Crippen molar-refractivity contribution in [3.8, 4) is 6.07 Å². The van der Waals surface area contributed by atoms with Gasteiger partial charge >= 0.3 is 5.97 Å². The molecule has 1 atom stereocenters. The van der Waals surface area contributed by atoms with E-state index in [1.54, 1.807) is 13.1 Å².